The standard InChI is InChI=1S/C20H17N3O5/c24-17(21-18(13-6-7-13)12-4-2-1-3-5-12)11-22-19(25)15-9-8-14(23(27)28)10-16(15)20(22)26/h1-5,8-10,13,18H,6-7,11H2,(H,21,24). The van der Waals surface area contributed by atoms with Crippen molar-refractivity contribution in [3.05, 3.63) is 75.3 Å². The molecular weight excluding hydrogens is 362 g/mol. The number of rotatable bonds is 6. The minimum absolute atomic E-state index is 0.0474. The zero-order valence-electron chi connectivity index (χ0n) is 14.8. The molecular formula is C20H17N3O5. The maximum atomic E-state index is 12.6. The highest BCUT2D eigenvalue weighted by molar-refractivity contribution is 6.22. The topological polar surface area (TPSA) is 110 Å². The van der Waals surface area contributed by atoms with Crippen LogP contribution in [0.3, 0.4) is 0 Å². The molecule has 4 rings (SSSR count). The van der Waals surface area contributed by atoms with Crippen LogP contribution in [0.5, 0.6) is 0 Å². The third kappa shape index (κ3) is 3.24. The molecule has 142 valence electrons. The van der Waals surface area contributed by atoms with Crippen molar-refractivity contribution in [3.8, 4) is 0 Å². The first kappa shape index (κ1) is 17.8. The van der Waals surface area contributed by atoms with Crippen molar-refractivity contribution < 1.29 is 19.3 Å². The second kappa shape index (κ2) is 6.88. The molecule has 0 spiro atoms. The fourth-order valence-electron chi connectivity index (χ4n) is 3.46. The van der Waals surface area contributed by atoms with Gasteiger partial charge in [0.2, 0.25) is 5.91 Å². The van der Waals surface area contributed by atoms with Crippen LogP contribution in [0.25, 0.3) is 0 Å². The first-order valence-electron chi connectivity index (χ1n) is 8.94. The van der Waals surface area contributed by atoms with E-state index in [1.807, 2.05) is 30.3 Å². The summed E-state index contributed by atoms with van der Waals surface area (Å²) in [6, 6.07) is 12.9. The number of nitro groups is 1. The van der Waals surface area contributed by atoms with Gasteiger partial charge < -0.3 is 5.32 Å². The van der Waals surface area contributed by atoms with E-state index in [9.17, 15) is 24.5 Å². The molecule has 1 aliphatic heterocycles. The van der Waals surface area contributed by atoms with E-state index < -0.39 is 29.2 Å². The molecule has 2 aromatic carbocycles. The molecule has 2 aliphatic rings. The van der Waals surface area contributed by atoms with E-state index in [2.05, 4.69) is 5.32 Å². The highest BCUT2D eigenvalue weighted by Crippen LogP contribution is 2.41. The number of hydrogen-bond acceptors (Lipinski definition) is 5. The largest absolute Gasteiger partial charge is 0.347 e. The molecule has 1 atom stereocenters. The van der Waals surface area contributed by atoms with Crippen molar-refractivity contribution in [3.63, 3.8) is 0 Å². The number of carbonyl (C=O) groups excluding carboxylic acids is 3. The number of nitrogens with zero attached hydrogens (tertiary/aromatic N) is 2. The van der Waals surface area contributed by atoms with Crippen molar-refractivity contribution in [2.24, 2.45) is 5.92 Å². The van der Waals surface area contributed by atoms with Crippen LogP contribution >= 0.6 is 0 Å². The molecule has 8 nitrogen and oxygen atoms in total. The molecule has 1 aliphatic carbocycles. The zero-order valence-corrected chi connectivity index (χ0v) is 14.8. The first-order valence-corrected chi connectivity index (χ1v) is 8.94. The molecule has 1 N–H and O–H groups in total. The third-order valence-electron chi connectivity index (χ3n) is 5.04. The lowest BCUT2D eigenvalue weighted by molar-refractivity contribution is -0.384. The predicted octanol–water partition coefficient (Wildman–Crippen LogP) is 2.46. The number of fused-ring (bicyclic) bond motifs is 1. The monoisotopic (exact) mass is 379 g/mol. The lowest BCUT2D eigenvalue weighted by Crippen LogP contribution is -2.42. The highest BCUT2D eigenvalue weighted by Gasteiger charge is 2.39. The summed E-state index contributed by atoms with van der Waals surface area (Å²) in [6.45, 7) is -0.420. The molecule has 1 fully saturated rings. The van der Waals surface area contributed by atoms with Crippen LogP contribution < -0.4 is 5.32 Å². The quantitative estimate of drug-likeness (QED) is 0.471. The normalized spacial score (nSPS) is 16.6. The van der Waals surface area contributed by atoms with E-state index in [1.54, 1.807) is 0 Å². The highest BCUT2D eigenvalue weighted by atomic mass is 16.6. The fourth-order valence-corrected chi connectivity index (χ4v) is 3.46. The number of nitro benzene ring substituents is 1. The minimum atomic E-state index is -0.693. The van der Waals surface area contributed by atoms with Crippen LogP contribution in [0.4, 0.5) is 5.69 Å². The Morgan fingerprint density at radius 2 is 1.79 bits per heavy atom. The summed E-state index contributed by atoms with van der Waals surface area (Å²) in [7, 11) is 0. The summed E-state index contributed by atoms with van der Waals surface area (Å²) in [4.78, 5) is 48.7. The van der Waals surface area contributed by atoms with Gasteiger partial charge in [0.1, 0.15) is 6.54 Å². The second-order valence-corrected chi connectivity index (χ2v) is 6.98. The van der Waals surface area contributed by atoms with Crippen molar-refractivity contribution in [2.45, 2.75) is 18.9 Å². The average Bonchev–Trinajstić information content (AvgIpc) is 3.51. The maximum absolute atomic E-state index is 12.6. The summed E-state index contributed by atoms with van der Waals surface area (Å²) in [5, 5.41) is 13.8. The van der Waals surface area contributed by atoms with E-state index in [1.165, 1.54) is 12.1 Å². The molecule has 2 aromatic rings. The summed E-state index contributed by atoms with van der Waals surface area (Å²) < 4.78 is 0. The maximum Gasteiger partial charge on any atom is 0.270 e. The molecule has 0 radical (unpaired) electrons. The molecule has 0 aromatic heterocycles. The molecule has 0 saturated heterocycles. The van der Waals surface area contributed by atoms with Crippen LogP contribution in [0.2, 0.25) is 0 Å². The van der Waals surface area contributed by atoms with Gasteiger partial charge in [0.05, 0.1) is 22.1 Å². The minimum Gasteiger partial charge on any atom is -0.347 e. The van der Waals surface area contributed by atoms with E-state index in [0.29, 0.717) is 5.92 Å². The molecule has 8 heteroatoms. The van der Waals surface area contributed by atoms with Gasteiger partial charge in [-0.05, 0) is 30.4 Å². The second-order valence-electron chi connectivity index (χ2n) is 6.98. The van der Waals surface area contributed by atoms with Crippen molar-refractivity contribution in [1.82, 2.24) is 10.2 Å². The Labute approximate surface area is 160 Å². The van der Waals surface area contributed by atoms with Gasteiger partial charge in [-0.2, -0.15) is 0 Å². The summed E-state index contributed by atoms with van der Waals surface area (Å²) >= 11 is 0. The van der Waals surface area contributed by atoms with Crippen molar-refractivity contribution in [1.29, 1.82) is 0 Å². The van der Waals surface area contributed by atoms with E-state index in [4.69, 9.17) is 0 Å². The van der Waals surface area contributed by atoms with Crippen LogP contribution in [-0.2, 0) is 4.79 Å². The Hall–Kier alpha value is -3.55. The van der Waals surface area contributed by atoms with Gasteiger partial charge in [0.15, 0.2) is 0 Å². The number of amides is 3. The summed E-state index contributed by atoms with van der Waals surface area (Å²) in [5.41, 5.74) is 0.736. The summed E-state index contributed by atoms with van der Waals surface area (Å²) in [6.07, 6.45) is 2.02. The van der Waals surface area contributed by atoms with E-state index >= 15 is 0 Å². The number of non-ortho nitro benzene ring substituents is 1. The van der Waals surface area contributed by atoms with Gasteiger partial charge >= 0.3 is 0 Å². The fraction of sp³-hybridized carbons (Fsp3) is 0.250. The Morgan fingerprint density at radius 3 is 2.43 bits per heavy atom. The van der Waals surface area contributed by atoms with Gasteiger partial charge in [-0.15, -0.1) is 0 Å². The van der Waals surface area contributed by atoms with Gasteiger partial charge in [0.25, 0.3) is 17.5 Å². The van der Waals surface area contributed by atoms with Crippen LogP contribution in [0, 0.1) is 16.0 Å². The van der Waals surface area contributed by atoms with Gasteiger partial charge in [-0.25, -0.2) is 0 Å². The third-order valence-corrected chi connectivity index (χ3v) is 5.04. The van der Waals surface area contributed by atoms with E-state index in [0.717, 1.165) is 29.4 Å². The number of nitrogens with one attached hydrogen (secondary N) is 1. The van der Waals surface area contributed by atoms with Crippen LogP contribution in [-0.4, -0.2) is 34.1 Å². The zero-order chi connectivity index (χ0) is 19.8. The van der Waals surface area contributed by atoms with Gasteiger partial charge in [-0.1, -0.05) is 30.3 Å². The Morgan fingerprint density at radius 1 is 1.11 bits per heavy atom. The van der Waals surface area contributed by atoms with E-state index in [-0.39, 0.29) is 22.9 Å². The van der Waals surface area contributed by atoms with Crippen LogP contribution in [0.15, 0.2) is 48.5 Å². The predicted molar refractivity (Wildman–Crippen MR) is 98.5 cm³/mol. The van der Waals surface area contributed by atoms with Crippen molar-refractivity contribution in [2.75, 3.05) is 6.54 Å². The number of carbonyl (C=O) groups is 3. The molecule has 0 bridgehead atoms. The van der Waals surface area contributed by atoms with Crippen LogP contribution in [0.1, 0.15) is 45.2 Å². The number of imide groups is 1. The average molecular weight is 379 g/mol. The first-order chi connectivity index (χ1) is 13.5. The lowest BCUT2D eigenvalue weighted by atomic mass is 10.0. The smallest absolute Gasteiger partial charge is 0.270 e. The number of benzene rings is 2. The lowest BCUT2D eigenvalue weighted by Gasteiger charge is -2.21. The van der Waals surface area contributed by atoms with Crippen molar-refractivity contribution >= 4 is 23.4 Å². The molecule has 1 unspecified atom stereocenters. The SMILES string of the molecule is O=C(CN1C(=O)c2ccc([N+](=O)[O-])cc2C1=O)NC(c1ccccc1)C1CC1. The Bertz CT molecular complexity index is 985. The Kier molecular flexibility index (Phi) is 4.38. The van der Waals surface area contributed by atoms with Gasteiger partial charge in [-0.3, -0.25) is 29.4 Å². The molecule has 28 heavy (non-hydrogen) atoms. The molecule has 1 heterocycles. The number of hydrogen-bond donors (Lipinski definition) is 1. The Balaban J connectivity index is 1.49. The molecule has 3 amide bonds. The van der Waals surface area contributed by atoms with Gasteiger partial charge in [0, 0.05) is 12.1 Å². The molecule has 1 saturated carbocycles. The summed E-state index contributed by atoms with van der Waals surface area (Å²) in [5.74, 6) is -1.41.